The number of para-hydroxylation sites is 2. The molecule has 0 spiro atoms. The summed E-state index contributed by atoms with van der Waals surface area (Å²) in [6, 6.07) is 59.3. The lowest BCUT2D eigenvalue weighted by Gasteiger charge is -2.45. The molecule has 0 fully saturated rings. The summed E-state index contributed by atoms with van der Waals surface area (Å²) < 4.78 is 6.52. The Labute approximate surface area is 366 Å². The van der Waals surface area contributed by atoms with Crippen molar-refractivity contribution >= 4 is 89.9 Å². The van der Waals surface area contributed by atoms with Crippen LogP contribution in [0.2, 0.25) is 0 Å². The number of anilines is 6. The third kappa shape index (κ3) is 6.02. The highest BCUT2D eigenvalue weighted by Gasteiger charge is 2.45. The van der Waals surface area contributed by atoms with Crippen LogP contribution in [0.5, 0.6) is 0 Å². The molecule has 0 saturated heterocycles. The molecule has 0 N–H and O–H groups in total. The Kier molecular flexibility index (Phi) is 8.36. The van der Waals surface area contributed by atoms with E-state index in [2.05, 4.69) is 224 Å². The molecule has 0 bridgehead atoms. The minimum absolute atomic E-state index is 0.0178. The van der Waals surface area contributed by atoms with Crippen LogP contribution in [-0.4, -0.2) is 6.71 Å². The first-order chi connectivity index (χ1) is 29.6. The van der Waals surface area contributed by atoms with Gasteiger partial charge in [0.1, 0.15) is 11.2 Å². The largest absolute Gasteiger partial charge is 0.455 e. The van der Waals surface area contributed by atoms with E-state index in [1.807, 2.05) is 6.07 Å². The molecule has 0 saturated carbocycles. The van der Waals surface area contributed by atoms with Crippen molar-refractivity contribution in [3.63, 3.8) is 0 Å². The van der Waals surface area contributed by atoms with E-state index in [0.29, 0.717) is 0 Å². The van der Waals surface area contributed by atoms with Crippen molar-refractivity contribution in [2.45, 2.75) is 78.6 Å². The van der Waals surface area contributed by atoms with Gasteiger partial charge >= 0.3 is 0 Å². The molecule has 3 nitrogen and oxygen atoms in total. The zero-order valence-corrected chi connectivity index (χ0v) is 37.4. The van der Waals surface area contributed by atoms with Crippen LogP contribution in [0.15, 0.2) is 162 Å². The predicted molar refractivity (Wildman–Crippen MR) is 267 cm³/mol. The highest BCUT2D eigenvalue weighted by Crippen LogP contribution is 2.48. The molecule has 4 heteroatoms. The van der Waals surface area contributed by atoms with Crippen LogP contribution in [0.25, 0.3) is 43.8 Å². The number of hydrogen-bond acceptors (Lipinski definition) is 3. The summed E-state index contributed by atoms with van der Waals surface area (Å²) in [5, 5.41) is 4.77. The van der Waals surface area contributed by atoms with E-state index in [-0.39, 0.29) is 23.0 Å². The quantitative estimate of drug-likeness (QED) is 0.166. The van der Waals surface area contributed by atoms with Crippen molar-refractivity contribution < 1.29 is 4.42 Å². The number of rotatable bonds is 3. The first-order valence-electron chi connectivity index (χ1n) is 22.2. The van der Waals surface area contributed by atoms with Crippen molar-refractivity contribution in [1.29, 1.82) is 0 Å². The topological polar surface area (TPSA) is 19.6 Å². The molecule has 8 aromatic carbocycles. The highest BCUT2D eigenvalue weighted by atomic mass is 16.3. The molecule has 2 aliphatic rings. The first kappa shape index (κ1) is 38.4. The second-order valence-electron chi connectivity index (χ2n) is 20.7. The highest BCUT2D eigenvalue weighted by molar-refractivity contribution is 7.00. The summed E-state index contributed by atoms with van der Waals surface area (Å²) in [4.78, 5) is 5.13. The van der Waals surface area contributed by atoms with Crippen molar-refractivity contribution in [3.05, 3.63) is 174 Å². The molecule has 9 aromatic rings. The summed E-state index contributed by atoms with van der Waals surface area (Å²) in [6.45, 7) is 21.0. The van der Waals surface area contributed by atoms with Gasteiger partial charge in [-0.05, 0) is 120 Å². The molecule has 0 unspecified atom stereocenters. The van der Waals surface area contributed by atoms with Crippen LogP contribution < -0.4 is 26.2 Å². The maximum atomic E-state index is 6.52. The number of fused-ring (bicyclic) bond motifs is 8. The first-order valence-corrected chi connectivity index (χ1v) is 22.2. The van der Waals surface area contributed by atoms with Crippen molar-refractivity contribution in [2.24, 2.45) is 0 Å². The number of benzene rings is 8. The summed E-state index contributed by atoms with van der Waals surface area (Å²) in [6.07, 6.45) is 0. The van der Waals surface area contributed by atoms with Gasteiger partial charge in [-0.2, -0.15) is 0 Å². The number of hydrogen-bond donors (Lipinski definition) is 0. The van der Waals surface area contributed by atoms with E-state index in [4.69, 9.17) is 4.42 Å². The van der Waals surface area contributed by atoms with E-state index in [1.54, 1.807) is 0 Å². The number of nitrogens with zero attached hydrogens (tertiary/aromatic N) is 2. The second kappa shape index (κ2) is 13.5. The van der Waals surface area contributed by atoms with Gasteiger partial charge in [-0.3, -0.25) is 0 Å². The van der Waals surface area contributed by atoms with Crippen molar-refractivity contribution in [1.82, 2.24) is 0 Å². The van der Waals surface area contributed by atoms with Gasteiger partial charge in [0, 0.05) is 50.5 Å². The average molecular weight is 805 g/mol. The lowest BCUT2D eigenvalue weighted by molar-refractivity contribution is 0.589. The van der Waals surface area contributed by atoms with E-state index in [9.17, 15) is 0 Å². The standard InChI is InChI=1S/C58H53BN2O/c1-56(2,3)39-25-30-49-48(32-39)59-47-29-24-40(57(4,5)6)33-50(47)60(42-26-22-37(23-27-42)44-18-14-19-46-45-17-12-13-20-53(45)62-55(44)46)51-34-41(58(7,8)9)35-52(54(51)59)61(49)43-28-21-36-15-10-11-16-38(36)31-43/h10-35H,1-9H3. The fourth-order valence-corrected chi connectivity index (χ4v) is 10.0. The van der Waals surface area contributed by atoms with Gasteiger partial charge < -0.3 is 14.2 Å². The Morgan fingerprint density at radius 2 is 1.02 bits per heavy atom. The Morgan fingerprint density at radius 3 is 1.74 bits per heavy atom. The van der Waals surface area contributed by atoms with E-state index < -0.39 is 0 Å². The molecule has 62 heavy (non-hydrogen) atoms. The van der Waals surface area contributed by atoms with Crippen LogP contribution in [0.3, 0.4) is 0 Å². The van der Waals surface area contributed by atoms with Gasteiger partial charge in [0.15, 0.2) is 0 Å². The second-order valence-corrected chi connectivity index (χ2v) is 20.7. The Balaban J connectivity index is 1.19. The molecule has 0 radical (unpaired) electrons. The van der Waals surface area contributed by atoms with Gasteiger partial charge in [0.05, 0.1) is 0 Å². The maximum Gasteiger partial charge on any atom is 0.252 e. The zero-order chi connectivity index (χ0) is 42.9. The third-order valence-corrected chi connectivity index (χ3v) is 13.5. The van der Waals surface area contributed by atoms with Gasteiger partial charge in [-0.15, -0.1) is 0 Å². The molecule has 11 rings (SSSR count). The van der Waals surface area contributed by atoms with E-state index in [0.717, 1.165) is 38.8 Å². The maximum absolute atomic E-state index is 6.52. The van der Waals surface area contributed by atoms with Gasteiger partial charge in [0.25, 0.3) is 6.71 Å². The monoisotopic (exact) mass is 804 g/mol. The van der Waals surface area contributed by atoms with Crippen LogP contribution in [0.1, 0.15) is 79.0 Å². The summed E-state index contributed by atoms with van der Waals surface area (Å²) in [7, 11) is 0. The van der Waals surface area contributed by atoms with E-state index >= 15 is 0 Å². The predicted octanol–water partition coefficient (Wildman–Crippen LogP) is 14.4. The third-order valence-electron chi connectivity index (χ3n) is 13.5. The summed E-state index contributed by atoms with van der Waals surface area (Å²) >= 11 is 0. The van der Waals surface area contributed by atoms with Crippen LogP contribution in [0.4, 0.5) is 34.1 Å². The Morgan fingerprint density at radius 1 is 0.419 bits per heavy atom. The van der Waals surface area contributed by atoms with Crippen LogP contribution in [0, 0.1) is 0 Å². The molecule has 304 valence electrons. The molecule has 0 atom stereocenters. The van der Waals surface area contributed by atoms with E-state index in [1.165, 1.54) is 72.3 Å². The van der Waals surface area contributed by atoms with Gasteiger partial charge in [-0.25, -0.2) is 0 Å². The van der Waals surface area contributed by atoms with Gasteiger partial charge in [0.2, 0.25) is 0 Å². The lowest BCUT2D eigenvalue weighted by Crippen LogP contribution is -2.61. The Bertz CT molecular complexity index is 3260. The normalized spacial score (nSPS) is 13.8. The molecule has 0 amide bonds. The average Bonchev–Trinajstić information content (AvgIpc) is 3.64. The zero-order valence-electron chi connectivity index (χ0n) is 37.4. The lowest BCUT2D eigenvalue weighted by atomic mass is 9.33. The molecule has 1 aromatic heterocycles. The Hall–Kier alpha value is -6.52. The molecular weight excluding hydrogens is 751 g/mol. The van der Waals surface area contributed by atoms with Crippen LogP contribution >= 0.6 is 0 Å². The van der Waals surface area contributed by atoms with Crippen molar-refractivity contribution in [3.8, 4) is 11.1 Å². The number of furan rings is 1. The van der Waals surface area contributed by atoms with Gasteiger partial charge in [-0.1, -0.05) is 165 Å². The summed E-state index contributed by atoms with van der Waals surface area (Å²) in [5.74, 6) is 0. The molecular formula is C58H53BN2O. The minimum atomic E-state index is -0.110. The fraction of sp³-hybridized carbons (Fsp3) is 0.207. The van der Waals surface area contributed by atoms with Crippen LogP contribution in [-0.2, 0) is 16.2 Å². The molecule has 0 aliphatic carbocycles. The smallest absolute Gasteiger partial charge is 0.252 e. The molecule has 2 aliphatic heterocycles. The fourth-order valence-electron chi connectivity index (χ4n) is 10.0. The van der Waals surface area contributed by atoms with Crippen molar-refractivity contribution in [2.75, 3.05) is 9.80 Å². The molecule has 3 heterocycles. The minimum Gasteiger partial charge on any atom is -0.455 e. The SMILES string of the molecule is CC(C)(C)c1ccc2c(c1)B1c3ccc(C(C)(C)C)cc3N(c3ccc(-c4cccc5c4oc4ccccc45)cc3)c3cc(C(C)(C)C)cc(c31)N2c1ccc2ccccc2c1. The summed E-state index contributed by atoms with van der Waals surface area (Å²) in [5.41, 5.74) is 19.2.